The van der Waals surface area contributed by atoms with Gasteiger partial charge in [0, 0.05) is 13.2 Å². The van der Waals surface area contributed by atoms with Crippen LogP contribution in [0.15, 0.2) is 6.20 Å². The fraction of sp³-hybridized carbons (Fsp3) is 0.786. The lowest BCUT2D eigenvalue weighted by molar-refractivity contribution is 0.115. The smallest absolute Gasteiger partial charge is 0.104 e. The van der Waals surface area contributed by atoms with E-state index in [0.29, 0.717) is 5.92 Å². The van der Waals surface area contributed by atoms with E-state index in [0.717, 1.165) is 21.6 Å². The molecule has 102 valence electrons. The maximum absolute atomic E-state index is 10.3. The van der Waals surface area contributed by atoms with E-state index in [2.05, 4.69) is 34.6 Å². The number of aryl methyl sites for hydroxylation is 1. The third-order valence-corrected chi connectivity index (χ3v) is 5.01. The molecule has 0 spiro atoms. The van der Waals surface area contributed by atoms with Crippen molar-refractivity contribution in [2.45, 2.75) is 51.6 Å². The van der Waals surface area contributed by atoms with Crippen molar-refractivity contribution in [3.8, 4) is 0 Å². The molecule has 0 bridgehead atoms. The summed E-state index contributed by atoms with van der Waals surface area (Å²) in [5.41, 5.74) is 0.848. The Bertz CT molecular complexity index is 385. The summed E-state index contributed by atoms with van der Waals surface area (Å²) in [4.78, 5) is 0. The summed E-state index contributed by atoms with van der Waals surface area (Å²) < 4.78 is 2.85. The maximum Gasteiger partial charge on any atom is 0.104 e. The Kier molecular flexibility index (Phi) is 5.06. The van der Waals surface area contributed by atoms with Gasteiger partial charge in [0.15, 0.2) is 0 Å². The molecular formula is C14H23IN2O. The molecule has 0 aromatic carbocycles. The Hall–Kier alpha value is -0.100. The minimum Gasteiger partial charge on any atom is -0.387 e. The molecule has 3 nitrogen and oxygen atoms in total. The largest absolute Gasteiger partial charge is 0.387 e. The highest BCUT2D eigenvalue weighted by atomic mass is 127. The van der Waals surface area contributed by atoms with Gasteiger partial charge in [-0.1, -0.05) is 39.0 Å². The van der Waals surface area contributed by atoms with Crippen molar-refractivity contribution in [1.82, 2.24) is 9.78 Å². The lowest BCUT2D eigenvalue weighted by Gasteiger charge is -2.28. The first kappa shape index (κ1) is 14.3. The molecule has 1 aliphatic rings. The minimum atomic E-state index is -0.407. The number of nitrogens with zero attached hydrogens (tertiary/aromatic N) is 2. The Morgan fingerprint density at radius 3 is 2.67 bits per heavy atom. The highest BCUT2D eigenvalue weighted by molar-refractivity contribution is 14.1. The average Bonchev–Trinajstić information content (AvgIpc) is 2.69. The Morgan fingerprint density at radius 1 is 1.44 bits per heavy atom. The van der Waals surface area contributed by atoms with Gasteiger partial charge < -0.3 is 5.11 Å². The third-order valence-electron chi connectivity index (χ3n) is 4.18. The van der Waals surface area contributed by atoms with Crippen molar-refractivity contribution in [3.63, 3.8) is 0 Å². The van der Waals surface area contributed by atoms with Gasteiger partial charge in [0.2, 0.25) is 0 Å². The maximum atomic E-state index is 10.3. The molecule has 18 heavy (non-hydrogen) atoms. The summed E-state index contributed by atoms with van der Waals surface area (Å²) in [5.74, 6) is 1.40. The standard InChI is InChI=1S/C14H23IN2O/c1-10(11-6-4-3-5-7-11)8-13(18)14-12(15)9-17(2)16-14/h9-11,13,18H,3-8H2,1-2H3. The van der Waals surface area contributed by atoms with E-state index in [9.17, 15) is 5.11 Å². The number of halogens is 1. The Balaban J connectivity index is 1.93. The summed E-state index contributed by atoms with van der Waals surface area (Å²) in [5, 5.41) is 14.7. The topological polar surface area (TPSA) is 38.1 Å². The quantitative estimate of drug-likeness (QED) is 0.831. The van der Waals surface area contributed by atoms with Gasteiger partial charge in [-0.3, -0.25) is 4.68 Å². The number of aliphatic hydroxyl groups excluding tert-OH is 1. The number of hydrogen-bond donors (Lipinski definition) is 1. The van der Waals surface area contributed by atoms with E-state index in [1.807, 2.05) is 13.2 Å². The van der Waals surface area contributed by atoms with Crippen LogP contribution in [0.5, 0.6) is 0 Å². The summed E-state index contributed by atoms with van der Waals surface area (Å²) in [6.07, 6.45) is 9.21. The fourth-order valence-corrected chi connectivity index (χ4v) is 3.93. The van der Waals surface area contributed by atoms with Crippen molar-refractivity contribution in [2.24, 2.45) is 18.9 Å². The normalized spacial score (nSPS) is 20.9. The fourth-order valence-electron chi connectivity index (χ4n) is 3.06. The lowest BCUT2D eigenvalue weighted by atomic mass is 9.78. The number of aromatic nitrogens is 2. The van der Waals surface area contributed by atoms with Crippen LogP contribution in [-0.2, 0) is 7.05 Å². The molecular weight excluding hydrogens is 339 g/mol. The Labute approximate surface area is 123 Å². The van der Waals surface area contributed by atoms with Crippen molar-refractivity contribution in [1.29, 1.82) is 0 Å². The van der Waals surface area contributed by atoms with Crippen LogP contribution in [0.25, 0.3) is 0 Å². The summed E-state index contributed by atoms with van der Waals surface area (Å²) >= 11 is 2.25. The number of hydrogen-bond acceptors (Lipinski definition) is 2. The number of aliphatic hydroxyl groups is 1. The van der Waals surface area contributed by atoms with Crippen LogP contribution >= 0.6 is 22.6 Å². The molecule has 0 saturated heterocycles. The van der Waals surface area contributed by atoms with Gasteiger partial charge in [0.25, 0.3) is 0 Å². The molecule has 1 aliphatic carbocycles. The van der Waals surface area contributed by atoms with Gasteiger partial charge in [0.1, 0.15) is 5.69 Å². The second-order valence-corrected chi connectivity index (χ2v) is 6.83. The van der Waals surface area contributed by atoms with Gasteiger partial charge in [-0.25, -0.2) is 0 Å². The predicted octanol–water partition coefficient (Wildman–Crippen LogP) is 3.66. The van der Waals surface area contributed by atoms with Gasteiger partial charge >= 0.3 is 0 Å². The van der Waals surface area contributed by atoms with Gasteiger partial charge in [-0.05, 0) is 40.8 Å². The molecule has 1 heterocycles. The highest BCUT2D eigenvalue weighted by Gasteiger charge is 2.24. The molecule has 1 aromatic rings. The van der Waals surface area contributed by atoms with Crippen LogP contribution < -0.4 is 0 Å². The van der Waals surface area contributed by atoms with Crippen LogP contribution in [0.2, 0.25) is 0 Å². The zero-order valence-corrected chi connectivity index (χ0v) is 13.4. The molecule has 1 N–H and O–H groups in total. The highest BCUT2D eigenvalue weighted by Crippen LogP contribution is 2.35. The van der Waals surface area contributed by atoms with Crippen molar-refractivity contribution in [2.75, 3.05) is 0 Å². The van der Waals surface area contributed by atoms with Gasteiger partial charge in [-0.15, -0.1) is 0 Å². The molecule has 2 rings (SSSR count). The van der Waals surface area contributed by atoms with Crippen LogP contribution in [0.3, 0.4) is 0 Å². The third kappa shape index (κ3) is 3.47. The first-order chi connectivity index (χ1) is 8.58. The van der Waals surface area contributed by atoms with Crippen molar-refractivity contribution < 1.29 is 5.11 Å². The first-order valence-electron chi connectivity index (χ1n) is 6.95. The van der Waals surface area contributed by atoms with Crippen LogP contribution in [0.4, 0.5) is 0 Å². The van der Waals surface area contributed by atoms with Gasteiger partial charge in [0.05, 0.1) is 9.67 Å². The van der Waals surface area contributed by atoms with Crippen LogP contribution in [0.1, 0.15) is 57.2 Å². The summed E-state index contributed by atoms with van der Waals surface area (Å²) in [6, 6.07) is 0. The molecule has 2 unspecified atom stereocenters. The van der Waals surface area contributed by atoms with Crippen LogP contribution in [0, 0.1) is 15.4 Å². The van der Waals surface area contributed by atoms with E-state index in [-0.39, 0.29) is 0 Å². The minimum absolute atomic E-state index is 0.407. The van der Waals surface area contributed by atoms with E-state index in [1.165, 1.54) is 32.1 Å². The molecule has 0 radical (unpaired) electrons. The molecule has 0 aliphatic heterocycles. The number of rotatable bonds is 4. The average molecular weight is 362 g/mol. The SMILES string of the molecule is CC(CC(O)c1nn(C)cc1I)C1CCCCC1. The lowest BCUT2D eigenvalue weighted by Crippen LogP contribution is -2.18. The molecule has 4 heteroatoms. The molecule has 1 aromatic heterocycles. The predicted molar refractivity (Wildman–Crippen MR) is 81.2 cm³/mol. The van der Waals surface area contributed by atoms with Crippen molar-refractivity contribution >= 4 is 22.6 Å². The zero-order chi connectivity index (χ0) is 13.1. The molecule has 0 amide bonds. The molecule has 2 atom stereocenters. The zero-order valence-electron chi connectivity index (χ0n) is 11.3. The van der Waals surface area contributed by atoms with Crippen molar-refractivity contribution in [3.05, 3.63) is 15.5 Å². The van der Waals surface area contributed by atoms with E-state index in [1.54, 1.807) is 4.68 Å². The van der Waals surface area contributed by atoms with E-state index >= 15 is 0 Å². The Morgan fingerprint density at radius 2 is 2.11 bits per heavy atom. The first-order valence-corrected chi connectivity index (χ1v) is 8.03. The monoisotopic (exact) mass is 362 g/mol. The van der Waals surface area contributed by atoms with E-state index < -0.39 is 6.10 Å². The summed E-state index contributed by atoms with van der Waals surface area (Å²) in [6.45, 7) is 2.29. The summed E-state index contributed by atoms with van der Waals surface area (Å²) in [7, 11) is 1.91. The molecule has 1 fully saturated rings. The molecule has 1 saturated carbocycles. The van der Waals surface area contributed by atoms with E-state index in [4.69, 9.17) is 0 Å². The second-order valence-electron chi connectivity index (χ2n) is 5.66. The second kappa shape index (κ2) is 6.37. The van der Waals surface area contributed by atoms with Gasteiger partial charge in [-0.2, -0.15) is 5.10 Å². The van der Waals surface area contributed by atoms with Crippen LogP contribution in [-0.4, -0.2) is 14.9 Å².